The second kappa shape index (κ2) is 8.39. The standard InChI is InChI=1S/C29H20N2O5/c1-18-9-12-21(13-10-18)30-27(32)23(15-19-11-14-25-26(16-19)36-17-35-25)28(33)31(29(30)34)24-8-4-6-20-5-2-3-7-22(20)24/h2-16H,17H2,1H3/b23-15+. The van der Waals surface area contributed by atoms with Gasteiger partial charge in [-0.05, 0) is 54.3 Å². The Labute approximate surface area is 206 Å². The molecular formula is C29H20N2O5. The van der Waals surface area contributed by atoms with Crippen LogP contribution in [0.5, 0.6) is 11.5 Å². The number of barbiturate groups is 1. The fourth-order valence-electron chi connectivity index (χ4n) is 4.44. The average molecular weight is 476 g/mol. The maximum Gasteiger partial charge on any atom is 0.343 e. The van der Waals surface area contributed by atoms with Crippen molar-refractivity contribution in [2.45, 2.75) is 6.92 Å². The van der Waals surface area contributed by atoms with Crippen molar-refractivity contribution < 1.29 is 23.9 Å². The Morgan fingerprint density at radius 2 is 1.47 bits per heavy atom. The largest absolute Gasteiger partial charge is 0.454 e. The number of hydrogen-bond acceptors (Lipinski definition) is 5. The van der Waals surface area contributed by atoms with E-state index in [9.17, 15) is 14.4 Å². The maximum atomic E-state index is 13.8. The Hall–Kier alpha value is -4.91. The number of benzene rings is 4. The monoisotopic (exact) mass is 476 g/mol. The molecule has 0 aromatic heterocycles. The number of urea groups is 1. The lowest BCUT2D eigenvalue weighted by Crippen LogP contribution is -2.57. The number of nitrogens with zero attached hydrogens (tertiary/aromatic N) is 2. The summed E-state index contributed by atoms with van der Waals surface area (Å²) in [7, 11) is 0. The van der Waals surface area contributed by atoms with E-state index in [4.69, 9.17) is 9.47 Å². The van der Waals surface area contributed by atoms with E-state index in [0.29, 0.717) is 28.4 Å². The number of hydrogen-bond donors (Lipinski definition) is 0. The van der Waals surface area contributed by atoms with Crippen LogP contribution in [0.1, 0.15) is 11.1 Å². The van der Waals surface area contributed by atoms with Crippen molar-refractivity contribution in [3.63, 3.8) is 0 Å². The summed E-state index contributed by atoms with van der Waals surface area (Å²) in [5.41, 5.74) is 2.21. The Morgan fingerprint density at radius 3 is 2.31 bits per heavy atom. The van der Waals surface area contributed by atoms with Crippen LogP contribution in [0, 0.1) is 6.92 Å². The van der Waals surface area contributed by atoms with Crippen LogP contribution in [-0.2, 0) is 9.59 Å². The molecule has 4 amide bonds. The molecule has 0 spiro atoms. The number of ether oxygens (including phenoxy) is 2. The Balaban J connectivity index is 1.53. The highest BCUT2D eigenvalue weighted by Gasteiger charge is 2.44. The van der Waals surface area contributed by atoms with E-state index >= 15 is 0 Å². The quantitative estimate of drug-likeness (QED) is 0.290. The first kappa shape index (κ1) is 21.6. The van der Waals surface area contributed by atoms with Crippen molar-refractivity contribution in [1.82, 2.24) is 0 Å². The lowest BCUT2D eigenvalue weighted by atomic mass is 10.0. The molecule has 36 heavy (non-hydrogen) atoms. The highest BCUT2D eigenvalue weighted by Crippen LogP contribution is 2.36. The summed E-state index contributed by atoms with van der Waals surface area (Å²) >= 11 is 0. The van der Waals surface area contributed by atoms with Gasteiger partial charge in [0.25, 0.3) is 11.8 Å². The summed E-state index contributed by atoms with van der Waals surface area (Å²) < 4.78 is 10.8. The van der Waals surface area contributed by atoms with Gasteiger partial charge in [0.1, 0.15) is 5.57 Å². The molecule has 2 aliphatic rings. The van der Waals surface area contributed by atoms with E-state index in [-0.39, 0.29) is 12.4 Å². The lowest BCUT2D eigenvalue weighted by molar-refractivity contribution is -0.121. The molecule has 6 rings (SSSR count). The number of imide groups is 2. The highest BCUT2D eigenvalue weighted by molar-refractivity contribution is 6.46. The zero-order chi connectivity index (χ0) is 24.8. The molecule has 2 aliphatic heterocycles. The van der Waals surface area contributed by atoms with Crippen LogP contribution in [0.25, 0.3) is 16.8 Å². The van der Waals surface area contributed by atoms with Crippen LogP contribution in [0.15, 0.2) is 90.5 Å². The van der Waals surface area contributed by atoms with Crippen LogP contribution in [0.4, 0.5) is 16.2 Å². The van der Waals surface area contributed by atoms with Gasteiger partial charge in [-0.25, -0.2) is 14.6 Å². The Morgan fingerprint density at radius 1 is 0.750 bits per heavy atom. The van der Waals surface area contributed by atoms with E-state index in [1.165, 1.54) is 6.08 Å². The van der Waals surface area contributed by atoms with E-state index in [1.807, 2.05) is 49.4 Å². The van der Waals surface area contributed by atoms with Crippen LogP contribution in [0.3, 0.4) is 0 Å². The minimum Gasteiger partial charge on any atom is -0.454 e. The number of rotatable bonds is 3. The summed E-state index contributed by atoms with van der Waals surface area (Å²) in [6, 6.07) is 24.3. The summed E-state index contributed by atoms with van der Waals surface area (Å²) in [5, 5.41) is 1.60. The molecule has 7 nitrogen and oxygen atoms in total. The number of fused-ring (bicyclic) bond motifs is 2. The first-order chi connectivity index (χ1) is 17.5. The topological polar surface area (TPSA) is 76.2 Å². The average Bonchev–Trinajstić information content (AvgIpc) is 3.36. The molecule has 0 aliphatic carbocycles. The van der Waals surface area contributed by atoms with Crippen molar-refractivity contribution in [2.75, 3.05) is 16.6 Å². The predicted molar refractivity (Wildman–Crippen MR) is 136 cm³/mol. The lowest BCUT2D eigenvalue weighted by Gasteiger charge is -2.34. The molecule has 0 atom stereocenters. The third-order valence-electron chi connectivity index (χ3n) is 6.26. The van der Waals surface area contributed by atoms with Crippen molar-refractivity contribution in [2.24, 2.45) is 0 Å². The van der Waals surface area contributed by atoms with E-state index in [1.54, 1.807) is 42.5 Å². The Kier molecular flexibility index (Phi) is 5.04. The fourth-order valence-corrected chi connectivity index (χ4v) is 4.44. The van der Waals surface area contributed by atoms with Gasteiger partial charge in [0.15, 0.2) is 11.5 Å². The Bertz CT molecular complexity index is 1580. The minimum atomic E-state index is -0.729. The minimum absolute atomic E-state index is 0.109. The molecule has 4 aromatic rings. The SMILES string of the molecule is Cc1ccc(N2C(=O)/C(=C\c3ccc4c(c3)OCO4)C(=O)N(c3cccc4ccccc34)C2=O)cc1. The zero-order valence-corrected chi connectivity index (χ0v) is 19.3. The third-order valence-corrected chi connectivity index (χ3v) is 6.26. The molecule has 176 valence electrons. The molecule has 0 bridgehead atoms. The van der Waals surface area contributed by atoms with Gasteiger partial charge in [-0.3, -0.25) is 9.59 Å². The summed E-state index contributed by atoms with van der Waals surface area (Å²) in [4.78, 5) is 43.3. The number of aryl methyl sites for hydroxylation is 1. The van der Waals surface area contributed by atoms with Crippen molar-refractivity contribution in [3.8, 4) is 11.5 Å². The van der Waals surface area contributed by atoms with Crippen molar-refractivity contribution >= 4 is 46.1 Å². The molecule has 2 heterocycles. The molecule has 7 heteroatoms. The predicted octanol–water partition coefficient (Wildman–Crippen LogP) is 5.46. The van der Waals surface area contributed by atoms with Crippen molar-refractivity contribution in [3.05, 3.63) is 102 Å². The summed E-state index contributed by atoms with van der Waals surface area (Å²) in [6.07, 6.45) is 1.48. The van der Waals surface area contributed by atoms with Crippen molar-refractivity contribution in [1.29, 1.82) is 0 Å². The number of carbonyl (C=O) groups excluding carboxylic acids is 3. The molecule has 4 aromatic carbocycles. The molecule has 1 saturated heterocycles. The van der Waals surface area contributed by atoms with Crippen LogP contribution in [0.2, 0.25) is 0 Å². The normalized spacial score (nSPS) is 16.4. The van der Waals surface area contributed by atoms with Gasteiger partial charge in [0, 0.05) is 5.39 Å². The van der Waals surface area contributed by atoms with E-state index < -0.39 is 17.8 Å². The molecular weight excluding hydrogens is 456 g/mol. The molecule has 0 saturated carbocycles. The molecule has 0 N–H and O–H groups in total. The smallest absolute Gasteiger partial charge is 0.343 e. The molecule has 0 radical (unpaired) electrons. The van der Waals surface area contributed by atoms with Gasteiger partial charge < -0.3 is 9.47 Å². The van der Waals surface area contributed by atoms with Gasteiger partial charge in [0.05, 0.1) is 11.4 Å². The first-order valence-corrected chi connectivity index (χ1v) is 11.4. The van der Waals surface area contributed by atoms with Crippen LogP contribution < -0.4 is 19.3 Å². The van der Waals surface area contributed by atoms with Gasteiger partial charge in [0.2, 0.25) is 6.79 Å². The van der Waals surface area contributed by atoms with Crippen LogP contribution in [-0.4, -0.2) is 24.6 Å². The van der Waals surface area contributed by atoms with Crippen LogP contribution >= 0.6 is 0 Å². The van der Waals surface area contributed by atoms with E-state index in [2.05, 4.69) is 0 Å². The highest BCUT2D eigenvalue weighted by atomic mass is 16.7. The molecule has 1 fully saturated rings. The van der Waals surface area contributed by atoms with Gasteiger partial charge in [-0.2, -0.15) is 0 Å². The van der Waals surface area contributed by atoms with Gasteiger partial charge >= 0.3 is 6.03 Å². The van der Waals surface area contributed by atoms with E-state index in [0.717, 1.165) is 26.1 Å². The fraction of sp³-hybridized carbons (Fsp3) is 0.0690. The maximum absolute atomic E-state index is 13.8. The number of carbonyl (C=O) groups is 3. The number of anilines is 2. The zero-order valence-electron chi connectivity index (χ0n) is 19.3. The second-order valence-electron chi connectivity index (χ2n) is 8.57. The summed E-state index contributed by atoms with van der Waals surface area (Å²) in [6.45, 7) is 2.03. The first-order valence-electron chi connectivity index (χ1n) is 11.4. The third kappa shape index (κ3) is 3.49. The molecule has 0 unspecified atom stereocenters. The van der Waals surface area contributed by atoms with Gasteiger partial charge in [-0.1, -0.05) is 60.2 Å². The van der Waals surface area contributed by atoms with Gasteiger partial charge in [-0.15, -0.1) is 0 Å². The summed E-state index contributed by atoms with van der Waals surface area (Å²) in [5.74, 6) is -0.268. The number of amides is 4. The second-order valence-corrected chi connectivity index (χ2v) is 8.57.